The fourth-order valence-electron chi connectivity index (χ4n) is 1.86. The Morgan fingerprint density at radius 3 is 2.95 bits per heavy atom. The van der Waals surface area contributed by atoms with Gasteiger partial charge in [-0.15, -0.1) is 11.3 Å². The van der Waals surface area contributed by atoms with Crippen LogP contribution in [0, 0.1) is 17.0 Å². The third kappa shape index (κ3) is 3.40. The Labute approximate surface area is 121 Å². The number of non-ortho nitro benzene ring substituents is 1. The van der Waals surface area contributed by atoms with Gasteiger partial charge in [-0.25, -0.2) is 4.98 Å². The summed E-state index contributed by atoms with van der Waals surface area (Å²) in [6, 6.07) is 4.89. The van der Waals surface area contributed by atoms with E-state index in [4.69, 9.17) is 0 Å². The average Bonchev–Trinajstić information content (AvgIpc) is 2.88. The number of hydrogen-bond donors (Lipinski definition) is 1. The van der Waals surface area contributed by atoms with Crippen LogP contribution in [0.4, 0.5) is 5.69 Å². The maximum Gasteiger partial charge on any atom is 0.270 e. The van der Waals surface area contributed by atoms with Crippen molar-refractivity contribution in [2.24, 2.45) is 0 Å². The number of thiazole rings is 1. The maximum atomic E-state index is 10.9. The minimum atomic E-state index is -0.375. The third-order valence-electron chi connectivity index (χ3n) is 2.95. The van der Waals surface area contributed by atoms with E-state index in [-0.39, 0.29) is 10.6 Å². The fraction of sp³-hybridized carbons (Fsp3) is 0.357. The number of aryl methyl sites for hydroxylation is 1. The van der Waals surface area contributed by atoms with Gasteiger partial charge in [0.25, 0.3) is 5.69 Å². The second kappa shape index (κ2) is 6.58. The average molecular weight is 291 g/mol. The van der Waals surface area contributed by atoms with Crippen LogP contribution in [-0.4, -0.2) is 16.5 Å². The van der Waals surface area contributed by atoms with E-state index >= 15 is 0 Å². The molecule has 0 fully saturated rings. The number of nitrogens with zero attached hydrogens (tertiary/aromatic N) is 2. The van der Waals surface area contributed by atoms with Crippen LogP contribution in [-0.2, 0) is 6.54 Å². The van der Waals surface area contributed by atoms with Crippen LogP contribution in [0.15, 0.2) is 23.6 Å². The lowest BCUT2D eigenvalue weighted by Crippen LogP contribution is -2.13. The molecule has 2 rings (SSSR count). The number of nitro groups is 1. The molecule has 0 radical (unpaired) electrons. The van der Waals surface area contributed by atoms with Crippen molar-refractivity contribution in [3.8, 4) is 10.6 Å². The molecule has 0 amide bonds. The van der Waals surface area contributed by atoms with E-state index in [1.54, 1.807) is 12.1 Å². The zero-order valence-electron chi connectivity index (χ0n) is 11.5. The topological polar surface area (TPSA) is 68.1 Å². The monoisotopic (exact) mass is 291 g/mol. The van der Waals surface area contributed by atoms with Gasteiger partial charge in [0.2, 0.25) is 0 Å². The van der Waals surface area contributed by atoms with Gasteiger partial charge in [-0.05, 0) is 25.5 Å². The Morgan fingerprint density at radius 2 is 2.25 bits per heavy atom. The van der Waals surface area contributed by atoms with Gasteiger partial charge in [0, 0.05) is 29.6 Å². The van der Waals surface area contributed by atoms with Gasteiger partial charge >= 0.3 is 0 Å². The molecule has 0 aliphatic rings. The standard InChI is InChI=1S/C14H17N3O2S/c1-3-6-15-8-11-9-20-14(16-11)13-7-12(17(18)19)5-4-10(13)2/h4-5,7,9,15H,3,6,8H2,1-2H3. The lowest BCUT2D eigenvalue weighted by molar-refractivity contribution is -0.384. The molecule has 6 heteroatoms. The summed E-state index contributed by atoms with van der Waals surface area (Å²) in [6.07, 6.45) is 1.08. The molecular formula is C14H17N3O2S. The highest BCUT2D eigenvalue weighted by molar-refractivity contribution is 7.13. The molecule has 0 saturated heterocycles. The van der Waals surface area contributed by atoms with Crippen molar-refractivity contribution >= 4 is 17.0 Å². The molecule has 1 N–H and O–H groups in total. The molecule has 1 aromatic heterocycles. The minimum absolute atomic E-state index is 0.103. The summed E-state index contributed by atoms with van der Waals surface area (Å²) in [7, 11) is 0. The normalized spacial score (nSPS) is 10.7. The van der Waals surface area contributed by atoms with E-state index in [1.807, 2.05) is 12.3 Å². The molecule has 1 heterocycles. The molecule has 0 spiro atoms. The van der Waals surface area contributed by atoms with E-state index in [1.165, 1.54) is 17.4 Å². The molecule has 0 atom stereocenters. The van der Waals surface area contributed by atoms with Crippen LogP contribution in [0.2, 0.25) is 0 Å². The van der Waals surface area contributed by atoms with Crippen LogP contribution in [0.1, 0.15) is 24.6 Å². The zero-order chi connectivity index (χ0) is 14.5. The van der Waals surface area contributed by atoms with Gasteiger partial charge < -0.3 is 5.32 Å². The molecule has 106 valence electrons. The first-order valence-corrected chi connectivity index (χ1v) is 7.40. The van der Waals surface area contributed by atoms with Crippen molar-refractivity contribution in [3.63, 3.8) is 0 Å². The Bertz CT molecular complexity index is 610. The highest BCUT2D eigenvalue weighted by Crippen LogP contribution is 2.30. The Hall–Kier alpha value is -1.79. The minimum Gasteiger partial charge on any atom is -0.311 e. The number of nitrogens with one attached hydrogen (secondary N) is 1. The highest BCUT2D eigenvalue weighted by atomic mass is 32.1. The predicted molar refractivity (Wildman–Crippen MR) is 80.9 cm³/mol. The zero-order valence-corrected chi connectivity index (χ0v) is 12.4. The molecule has 20 heavy (non-hydrogen) atoms. The first-order chi connectivity index (χ1) is 9.61. The van der Waals surface area contributed by atoms with Crippen LogP contribution in [0.5, 0.6) is 0 Å². The van der Waals surface area contributed by atoms with Crippen molar-refractivity contribution in [3.05, 3.63) is 45.0 Å². The van der Waals surface area contributed by atoms with Crippen LogP contribution < -0.4 is 5.32 Å². The second-order valence-corrected chi connectivity index (χ2v) is 5.44. The lowest BCUT2D eigenvalue weighted by Gasteiger charge is -2.02. The van der Waals surface area contributed by atoms with Crippen LogP contribution in [0.3, 0.4) is 0 Å². The Kier molecular flexibility index (Phi) is 4.81. The number of benzene rings is 1. The summed E-state index contributed by atoms with van der Waals surface area (Å²) in [5.41, 5.74) is 2.92. The first kappa shape index (κ1) is 14.6. The van der Waals surface area contributed by atoms with Gasteiger partial charge in [-0.1, -0.05) is 13.0 Å². The smallest absolute Gasteiger partial charge is 0.270 e. The largest absolute Gasteiger partial charge is 0.311 e. The van der Waals surface area contributed by atoms with Crippen molar-refractivity contribution in [1.29, 1.82) is 0 Å². The number of aromatic nitrogens is 1. The first-order valence-electron chi connectivity index (χ1n) is 6.52. The van der Waals surface area contributed by atoms with E-state index in [2.05, 4.69) is 17.2 Å². The number of nitro benzene ring substituents is 1. The molecule has 0 aliphatic carbocycles. The van der Waals surface area contributed by atoms with Gasteiger partial charge in [0.1, 0.15) is 5.01 Å². The van der Waals surface area contributed by atoms with Crippen LogP contribution in [0.25, 0.3) is 10.6 Å². The van der Waals surface area contributed by atoms with Crippen molar-refractivity contribution < 1.29 is 4.92 Å². The van der Waals surface area contributed by atoms with E-state index in [0.717, 1.165) is 41.3 Å². The molecule has 5 nitrogen and oxygen atoms in total. The fourth-order valence-corrected chi connectivity index (χ4v) is 2.76. The second-order valence-electron chi connectivity index (χ2n) is 4.58. The molecule has 0 bridgehead atoms. The molecule has 0 saturated carbocycles. The highest BCUT2D eigenvalue weighted by Gasteiger charge is 2.13. The third-order valence-corrected chi connectivity index (χ3v) is 3.87. The van der Waals surface area contributed by atoms with E-state index < -0.39 is 0 Å². The summed E-state index contributed by atoms with van der Waals surface area (Å²) in [5, 5.41) is 17.0. The molecule has 2 aromatic rings. The number of hydrogen-bond acceptors (Lipinski definition) is 5. The van der Waals surface area contributed by atoms with E-state index in [0.29, 0.717) is 0 Å². The SMILES string of the molecule is CCCNCc1csc(-c2cc([N+](=O)[O-])ccc2C)n1. The lowest BCUT2D eigenvalue weighted by atomic mass is 10.1. The molecule has 1 aromatic carbocycles. The summed E-state index contributed by atoms with van der Waals surface area (Å²) in [5.74, 6) is 0. The molecular weight excluding hydrogens is 274 g/mol. The number of rotatable bonds is 6. The quantitative estimate of drug-likeness (QED) is 0.502. The Morgan fingerprint density at radius 1 is 1.45 bits per heavy atom. The van der Waals surface area contributed by atoms with Gasteiger partial charge in [-0.2, -0.15) is 0 Å². The van der Waals surface area contributed by atoms with Gasteiger partial charge in [-0.3, -0.25) is 10.1 Å². The van der Waals surface area contributed by atoms with E-state index in [9.17, 15) is 10.1 Å². The predicted octanol–water partition coefficient (Wildman–Crippen LogP) is 3.53. The molecule has 0 unspecified atom stereocenters. The maximum absolute atomic E-state index is 10.9. The summed E-state index contributed by atoms with van der Waals surface area (Å²) < 4.78 is 0. The Balaban J connectivity index is 2.23. The van der Waals surface area contributed by atoms with Crippen LogP contribution >= 0.6 is 11.3 Å². The van der Waals surface area contributed by atoms with Gasteiger partial charge in [0.15, 0.2) is 0 Å². The van der Waals surface area contributed by atoms with Gasteiger partial charge in [0.05, 0.1) is 10.6 Å². The van der Waals surface area contributed by atoms with Crippen molar-refractivity contribution in [1.82, 2.24) is 10.3 Å². The van der Waals surface area contributed by atoms with Crippen molar-refractivity contribution in [2.45, 2.75) is 26.8 Å². The van der Waals surface area contributed by atoms with Crippen molar-refractivity contribution in [2.75, 3.05) is 6.54 Å². The summed E-state index contributed by atoms with van der Waals surface area (Å²) in [6.45, 7) is 5.75. The summed E-state index contributed by atoms with van der Waals surface area (Å²) in [4.78, 5) is 15.0. The molecule has 0 aliphatic heterocycles. The summed E-state index contributed by atoms with van der Waals surface area (Å²) >= 11 is 1.52.